The molecule has 0 atom stereocenters. The highest BCUT2D eigenvalue weighted by Crippen LogP contribution is 2.20. The summed E-state index contributed by atoms with van der Waals surface area (Å²) in [6, 6.07) is 9.48. The van der Waals surface area contributed by atoms with E-state index in [0.29, 0.717) is 16.8 Å². The van der Waals surface area contributed by atoms with Crippen molar-refractivity contribution in [3.8, 4) is 0 Å². The molecule has 0 radical (unpaired) electrons. The van der Waals surface area contributed by atoms with Crippen LogP contribution < -0.4 is 5.32 Å². The van der Waals surface area contributed by atoms with Gasteiger partial charge in [0.2, 0.25) is 0 Å². The number of hydrogen-bond donors (Lipinski definition) is 1. The lowest BCUT2D eigenvalue weighted by atomic mass is 10.2. The maximum absolute atomic E-state index is 11.7. The zero-order chi connectivity index (χ0) is 14.4. The number of hydrogen-bond acceptors (Lipinski definition) is 3. The Hall–Kier alpha value is -2.08. The van der Waals surface area contributed by atoms with Crippen molar-refractivity contribution in [3.05, 3.63) is 59.2 Å². The Morgan fingerprint density at radius 2 is 2.20 bits per heavy atom. The van der Waals surface area contributed by atoms with E-state index in [0.717, 1.165) is 5.56 Å². The van der Waals surface area contributed by atoms with Crippen LogP contribution in [0, 0.1) is 0 Å². The molecule has 0 unspecified atom stereocenters. The minimum Gasteiger partial charge on any atom is -0.444 e. The standard InChI is InChI=1S/C14H14BrN3O2/c1-2-8-18-9-12(15)13(17-18)16-14(19)20-10-11-6-4-3-5-7-11/h2-7,9H,1,8,10H2,(H,16,17,19). The molecule has 1 amide bonds. The van der Waals surface area contributed by atoms with Gasteiger partial charge in [0.15, 0.2) is 5.82 Å². The van der Waals surface area contributed by atoms with Crippen LogP contribution in [0.25, 0.3) is 0 Å². The quantitative estimate of drug-likeness (QED) is 0.849. The fraction of sp³-hybridized carbons (Fsp3) is 0.143. The summed E-state index contributed by atoms with van der Waals surface area (Å²) in [5.74, 6) is 0.421. The molecule has 0 aliphatic carbocycles. The van der Waals surface area contributed by atoms with Gasteiger partial charge in [-0.1, -0.05) is 36.4 Å². The summed E-state index contributed by atoms with van der Waals surface area (Å²) in [6.07, 6.45) is 2.93. The average Bonchev–Trinajstić information content (AvgIpc) is 2.78. The minimum absolute atomic E-state index is 0.220. The number of carbonyl (C=O) groups is 1. The van der Waals surface area contributed by atoms with Gasteiger partial charge in [0.05, 0.1) is 11.0 Å². The summed E-state index contributed by atoms with van der Waals surface area (Å²) in [5, 5.41) is 6.77. The highest BCUT2D eigenvalue weighted by Gasteiger charge is 2.10. The summed E-state index contributed by atoms with van der Waals surface area (Å²) in [6.45, 7) is 4.42. The number of halogens is 1. The average molecular weight is 336 g/mol. The number of nitrogens with zero attached hydrogens (tertiary/aromatic N) is 2. The van der Waals surface area contributed by atoms with Crippen molar-refractivity contribution in [2.24, 2.45) is 0 Å². The first-order chi connectivity index (χ1) is 9.69. The Balaban J connectivity index is 1.89. The van der Waals surface area contributed by atoms with Gasteiger partial charge >= 0.3 is 6.09 Å². The molecule has 1 heterocycles. The van der Waals surface area contributed by atoms with Crippen LogP contribution in [0.5, 0.6) is 0 Å². The summed E-state index contributed by atoms with van der Waals surface area (Å²) in [7, 11) is 0. The molecule has 0 bridgehead atoms. The lowest BCUT2D eigenvalue weighted by Gasteiger charge is -2.05. The molecule has 1 N–H and O–H groups in total. The Morgan fingerprint density at radius 3 is 2.90 bits per heavy atom. The Bertz CT molecular complexity index is 596. The summed E-state index contributed by atoms with van der Waals surface area (Å²) in [4.78, 5) is 11.7. The Morgan fingerprint density at radius 1 is 1.45 bits per heavy atom. The van der Waals surface area contributed by atoms with Crippen molar-refractivity contribution in [1.29, 1.82) is 0 Å². The van der Waals surface area contributed by atoms with E-state index in [1.807, 2.05) is 30.3 Å². The van der Waals surface area contributed by atoms with Crippen LogP contribution in [-0.2, 0) is 17.9 Å². The van der Waals surface area contributed by atoms with Crippen LogP contribution >= 0.6 is 15.9 Å². The highest BCUT2D eigenvalue weighted by atomic mass is 79.9. The molecule has 0 fully saturated rings. The molecule has 0 saturated carbocycles. The number of carbonyl (C=O) groups excluding carboxylic acids is 1. The molecule has 1 aromatic heterocycles. The Labute approximate surface area is 125 Å². The number of allylic oxidation sites excluding steroid dienone is 1. The molecular weight excluding hydrogens is 322 g/mol. The molecule has 0 aliphatic rings. The maximum atomic E-state index is 11.7. The molecule has 2 aromatic rings. The second-order valence-electron chi connectivity index (χ2n) is 4.02. The predicted octanol–water partition coefficient (Wildman–Crippen LogP) is 3.58. The molecule has 6 heteroatoms. The number of amides is 1. The van der Waals surface area contributed by atoms with E-state index in [1.165, 1.54) is 0 Å². The molecule has 5 nitrogen and oxygen atoms in total. The molecule has 0 saturated heterocycles. The number of rotatable bonds is 5. The molecule has 0 spiro atoms. The first-order valence-electron chi connectivity index (χ1n) is 6.00. The van der Waals surface area contributed by atoms with Gasteiger partial charge in [0, 0.05) is 6.20 Å². The van der Waals surface area contributed by atoms with Gasteiger partial charge in [-0.15, -0.1) is 6.58 Å². The fourth-order valence-corrected chi connectivity index (χ4v) is 1.98. The van der Waals surface area contributed by atoms with Gasteiger partial charge in [0.1, 0.15) is 6.61 Å². The predicted molar refractivity (Wildman–Crippen MR) is 80.4 cm³/mol. The number of anilines is 1. The van der Waals surface area contributed by atoms with E-state index in [-0.39, 0.29) is 6.61 Å². The number of aromatic nitrogens is 2. The van der Waals surface area contributed by atoms with Crippen LogP contribution in [0.2, 0.25) is 0 Å². The third-order valence-electron chi connectivity index (χ3n) is 2.47. The van der Waals surface area contributed by atoms with Gasteiger partial charge in [0.25, 0.3) is 0 Å². The summed E-state index contributed by atoms with van der Waals surface area (Å²) < 4.78 is 7.46. The summed E-state index contributed by atoms with van der Waals surface area (Å²) >= 11 is 3.32. The fourth-order valence-electron chi connectivity index (χ4n) is 1.56. The van der Waals surface area contributed by atoms with Gasteiger partial charge in [-0.25, -0.2) is 4.79 Å². The zero-order valence-electron chi connectivity index (χ0n) is 10.8. The second kappa shape index (κ2) is 6.91. The van der Waals surface area contributed by atoms with Gasteiger partial charge < -0.3 is 4.74 Å². The number of ether oxygens (including phenoxy) is 1. The largest absolute Gasteiger partial charge is 0.444 e. The molecule has 2 rings (SSSR count). The van der Waals surface area contributed by atoms with Crippen molar-refractivity contribution < 1.29 is 9.53 Å². The zero-order valence-corrected chi connectivity index (χ0v) is 12.3. The van der Waals surface area contributed by atoms with E-state index < -0.39 is 6.09 Å². The lowest BCUT2D eigenvalue weighted by Crippen LogP contribution is -2.14. The van der Waals surface area contributed by atoms with Crippen LogP contribution in [0.4, 0.5) is 10.6 Å². The molecule has 104 valence electrons. The third-order valence-corrected chi connectivity index (χ3v) is 3.05. The SMILES string of the molecule is C=CCn1cc(Br)c(NC(=O)OCc2ccccc2)n1. The number of nitrogens with one attached hydrogen (secondary N) is 1. The van der Waals surface area contributed by atoms with E-state index in [2.05, 4.69) is 32.9 Å². The van der Waals surface area contributed by atoms with Crippen molar-refractivity contribution in [1.82, 2.24) is 9.78 Å². The first-order valence-corrected chi connectivity index (χ1v) is 6.80. The van der Waals surface area contributed by atoms with Crippen LogP contribution in [-0.4, -0.2) is 15.9 Å². The van der Waals surface area contributed by atoms with E-state index in [4.69, 9.17) is 4.74 Å². The van der Waals surface area contributed by atoms with Crippen LogP contribution in [0.3, 0.4) is 0 Å². The number of benzene rings is 1. The smallest absolute Gasteiger partial charge is 0.413 e. The van der Waals surface area contributed by atoms with Crippen LogP contribution in [0.15, 0.2) is 53.7 Å². The van der Waals surface area contributed by atoms with Crippen LogP contribution in [0.1, 0.15) is 5.56 Å². The second-order valence-corrected chi connectivity index (χ2v) is 4.88. The Kier molecular flexibility index (Phi) is 4.95. The topological polar surface area (TPSA) is 56.2 Å². The molecule has 20 heavy (non-hydrogen) atoms. The van der Waals surface area contributed by atoms with Crippen molar-refractivity contribution in [2.75, 3.05) is 5.32 Å². The van der Waals surface area contributed by atoms with Crippen molar-refractivity contribution in [3.63, 3.8) is 0 Å². The highest BCUT2D eigenvalue weighted by molar-refractivity contribution is 9.10. The lowest BCUT2D eigenvalue weighted by molar-refractivity contribution is 0.155. The molecular formula is C14H14BrN3O2. The monoisotopic (exact) mass is 335 g/mol. The third kappa shape index (κ3) is 3.96. The molecule has 1 aromatic carbocycles. The van der Waals surface area contributed by atoms with Crippen molar-refractivity contribution >= 4 is 27.8 Å². The van der Waals surface area contributed by atoms with Gasteiger partial charge in [-0.3, -0.25) is 10.00 Å². The minimum atomic E-state index is -0.543. The van der Waals surface area contributed by atoms with E-state index in [9.17, 15) is 4.79 Å². The molecule has 0 aliphatic heterocycles. The first kappa shape index (κ1) is 14.3. The normalized spacial score (nSPS) is 10.1. The van der Waals surface area contributed by atoms with E-state index in [1.54, 1.807) is 17.0 Å². The van der Waals surface area contributed by atoms with E-state index >= 15 is 0 Å². The summed E-state index contributed by atoms with van der Waals surface area (Å²) in [5.41, 5.74) is 0.930. The van der Waals surface area contributed by atoms with Gasteiger partial charge in [-0.2, -0.15) is 5.10 Å². The van der Waals surface area contributed by atoms with Crippen molar-refractivity contribution in [2.45, 2.75) is 13.2 Å². The van der Waals surface area contributed by atoms with Gasteiger partial charge in [-0.05, 0) is 21.5 Å². The maximum Gasteiger partial charge on any atom is 0.413 e.